The maximum atomic E-state index is 12.3. The Bertz CT molecular complexity index is 331. The first kappa shape index (κ1) is 18.2. The van der Waals surface area contributed by atoms with Crippen molar-refractivity contribution in [2.45, 2.75) is 64.5 Å². The number of amides is 2. The molecule has 21 heavy (non-hydrogen) atoms. The lowest BCUT2D eigenvalue weighted by Crippen LogP contribution is -2.56. The van der Waals surface area contributed by atoms with E-state index in [4.69, 9.17) is 0 Å². The molecule has 5 nitrogen and oxygen atoms in total. The summed E-state index contributed by atoms with van der Waals surface area (Å²) in [5.41, 5.74) is -0.399. The predicted octanol–water partition coefficient (Wildman–Crippen LogP) is 1.96. The fraction of sp³-hybridized carbons (Fsp3) is 0.938. The Hall–Kier alpha value is -0.810. The summed E-state index contributed by atoms with van der Waals surface area (Å²) in [6, 6.07) is -0.0401. The first-order valence-corrected chi connectivity index (χ1v) is 8.03. The Morgan fingerprint density at radius 1 is 1.29 bits per heavy atom. The predicted molar refractivity (Wildman–Crippen MR) is 86.4 cm³/mol. The fourth-order valence-corrected chi connectivity index (χ4v) is 2.92. The normalized spacial score (nSPS) is 19.6. The summed E-state index contributed by atoms with van der Waals surface area (Å²) in [6.07, 6.45) is 4.80. The van der Waals surface area contributed by atoms with Crippen LogP contribution in [0, 0.1) is 5.41 Å². The van der Waals surface area contributed by atoms with Crippen LogP contribution in [0.3, 0.4) is 0 Å². The number of hydrogen-bond donors (Lipinski definition) is 3. The number of aliphatic hydroxyl groups excluding tert-OH is 1. The minimum Gasteiger partial charge on any atom is -0.394 e. The Morgan fingerprint density at radius 2 is 1.86 bits per heavy atom. The molecule has 2 amide bonds. The highest BCUT2D eigenvalue weighted by Crippen LogP contribution is 2.29. The molecule has 1 unspecified atom stereocenters. The van der Waals surface area contributed by atoms with Crippen LogP contribution in [0.5, 0.6) is 0 Å². The van der Waals surface area contributed by atoms with E-state index >= 15 is 0 Å². The van der Waals surface area contributed by atoms with Gasteiger partial charge < -0.3 is 20.6 Å². The van der Waals surface area contributed by atoms with E-state index in [2.05, 4.69) is 36.3 Å². The lowest BCUT2D eigenvalue weighted by molar-refractivity contribution is 0.155. The number of nitrogens with zero attached hydrogens (tertiary/aromatic N) is 1. The van der Waals surface area contributed by atoms with Gasteiger partial charge in [0, 0.05) is 6.04 Å². The van der Waals surface area contributed by atoms with Gasteiger partial charge in [-0.25, -0.2) is 4.79 Å². The standard InChI is InChI=1S/C16H33N3O2/c1-15(2,3)13(8-11-19(4)5)17-14(21)18-16(12-20)9-6-7-10-16/h13,20H,6-12H2,1-5H3,(H2,17,18,21). The van der Waals surface area contributed by atoms with Crippen molar-refractivity contribution >= 4 is 6.03 Å². The van der Waals surface area contributed by atoms with Crippen molar-refractivity contribution in [3.05, 3.63) is 0 Å². The quantitative estimate of drug-likeness (QED) is 0.702. The lowest BCUT2D eigenvalue weighted by Gasteiger charge is -2.35. The summed E-state index contributed by atoms with van der Waals surface area (Å²) in [5, 5.41) is 15.7. The highest BCUT2D eigenvalue weighted by Gasteiger charge is 2.35. The van der Waals surface area contributed by atoms with Gasteiger partial charge in [-0.2, -0.15) is 0 Å². The van der Waals surface area contributed by atoms with Crippen LogP contribution in [-0.2, 0) is 0 Å². The second-order valence-corrected chi connectivity index (χ2v) is 7.75. The second kappa shape index (κ2) is 7.45. The van der Waals surface area contributed by atoms with Gasteiger partial charge in [-0.05, 0) is 45.3 Å². The number of urea groups is 1. The van der Waals surface area contributed by atoms with Crippen molar-refractivity contribution in [1.82, 2.24) is 15.5 Å². The molecule has 1 aliphatic rings. The Labute approximate surface area is 129 Å². The van der Waals surface area contributed by atoms with Gasteiger partial charge in [0.25, 0.3) is 0 Å². The molecule has 0 spiro atoms. The van der Waals surface area contributed by atoms with Crippen molar-refractivity contribution < 1.29 is 9.90 Å². The number of aliphatic hydroxyl groups is 1. The van der Waals surface area contributed by atoms with Crippen molar-refractivity contribution in [3.63, 3.8) is 0 Å². The number of carbonyl (C=O) groups is 1. The van der Waals surface area contributed by atoms with Crippen LogP contribution in [0.15, 0.2) is 0 Å². The smallest absolute Gasteiger partial charge is 0.315 e. The van der Waals surface area contributed by atoms with E-state index in [9.17, 15) is 9.90 Å². The van der Waals surface area contributed by atoms with Crippen LogP contribution in [0.4, 0.5) is 4.79 Å². The van der Waals surface area contributed by atoms with Crippen LogP contribution in [0.2, 0.25) is 0 Å². The average Bonchev–Trinajstić information content (AvgIpc) is 2.82. The van der Waals surface area contributed by atoms with E-state index in [0.29, 0.717) is 0 Å². The van der Waals surface area contributed by atoms with E-state index in [1.54, 1.807) is 0 Å². The lowest BCUT2D eigenvalue weighted by atomic mass is 9.84. The maximum Gasteiger partial charge on any atom is 0.315 e. The van der Waals surface area contributed by atoms with Gasteiger partial charge in [-0.3, -0.25) is 0 Å². The zero-order valence-electron chi connectivity index (χ0n) is 14.3. The molecule has 1 fully saturated rings. The minimum atomic E-state index is -0.409. The van der Waals surface area contributed by atoms with Crippen molar-refractivity contribution in [2.75, 3.05) is 27.2 Å². The highest BCUT2D eigenvalue weighted by molar-refractivity contribution is 5.75. The molecule has 0 heterocycles. The monoisotopic (exact) mass is 299 g/mol. The molecule has 5 heteroatoms. The molecule has 0 aliphatic heterocycles. The third-order valence-corrected chi connectivity index (χ3v) is 4.46. The Kier molecular flexibility index (Phi) is 6.47. The molecule has 1 atom stereocenters. The number of nitrogens with one attached hydrogen (secondary N) is 2. The number of rotatable bonds is 6. The van der Waals surface area contributed by atoms with Gasteiger partial charge in [0.15, 0.2) is 0 Å². The molecule has 0 radical (unpaired) electrons. The SMILES string of the molecule is CN(C)CCC(NC(=O)NC1(CO)CCCC1)C(C)(C)C. The number of hydrogen-bond acceptors (Lipinski definition) is 3. The topological polar surface area (TPSA) is 64.6 Å². The molecule has 1 saturated carbocycles. The van der Waals surface area contributed by atoms with Gasteiger partial charge in [-0.15, -0.1) is 0 Å². The molecular formula is C16H33N3O2. The van der Waals surface area contributed by atoms with E-state index in [1.165, 1.54) is 0 Å². The van der Waals surface area contributed by atoms with Crippen LogP contribution in [-0.4, -0.2) is 54.9 Å². The van der Waals surface area contributed by atoms with E-state index < -0.39 is 5.54 Å². The molecule has 0 aromatic heterocycles. The molecule has 0 aromatic rings. The van der Waals surface area contributed by atoms with Crippen molar-refractivity contribution in [1.29, 1.82) is 0 Å². The minimum absolute atomic E-state index is 0.00933. The van der Waals surface area contributed by atoms with E-state index in [1.807, 2.05) is 14.1 Å². The molecule has 0 saturated heterocycles. The Morgan fingerprint density at radius 3 is 2.29 bits per heavy atom. The van der Waals surface area contributed by atoms with Crippen molar-refractivity contribution in [3.8, 4) is 0 Å². The molecular weight excluding hydrogens is 266 g/mol. The molecule has 1 rings (SSSR count). The first-order chi connectivity index (χ1) is 9.68. The summed E-state index contributed by atoms with van der Waals surface area (Å²) < 4.78 is 0. The average molecular weight is 299 g/mol. The zero-order chi connectivity index (χ0) is 16.1. The summed E-state index contributed by atoms with van der Waals surface area (Å²) in [7, 11) is 4.08. The van der Waals surface area contributed by atoms with Gasteiger partial charge in [0.05, 0.1) is 12.1 Å². The molecule has 3 N–H and O–H groups in total. The first-order valence-electron chi connectivity index (χ1n) is 8.03. The van der Waals surface area contributed by atoms with Crippen LogP contribution in [0.1, 0.15) is 52.9 Å². The summed E-state index contributed by atoms with van der Waals surface area (Å²) >= 11 is 0. The third-order valence-electron chi connectivity index (χ3n) is 4.46. The van der Waals surface area contributed by atoms with E-state index in [-0.39, 0.29) is 24.1 Å². The van der Waals surface area contributed by atoms with Crippen LogP contribution in [0.25, 0.3) is 0 Å². The summed E-state index contributed by atoms with van der Waals surface area (Å²) in [6.45, 7) is 7.40. The third kappa shape index (κ3) is 5.83. The zero-order valence-corrected chi connectivity index (χ0v) is 14.3. The van der Waals surface area contributed by atoms with Crippen molar-refractivity contribution in [2.24, 2.45) is 5.41 Å². The van der Waals surface area contributed by atoms with E-state index in [0.717, 1.165) is 38.6 Å². The highest BCUT2D eigenvalue weighted by atomic mass is 16.3. The molecule has 0 aromatic carbocycles. The largest absolute Gasteiger partial charge is 0.394 e. The molecule has 1 aliphatic carbocycles. The van der Waals surface area contributed by atoms with Gasteiger partial charge >= 0.3 is 6.03 Å². The summed E-state index contributed by atoms with van der Waals surface area (Å²) in [5.74, 6) is 0. The van der Waals surface area contributed by atoms with Gasteiger partial charge in [0.2, 0.25) is 0 Å². The Balaban J connectivity index is 2.59. The van der Waals surface area contributed by atoms with Crippen LogP contribution >= 0.6 is 0 Å². The maximum absolute atomic E-state index is 12.3. The summed E-state index contributed by atoms with van der Waals surface area (Å²) in [4.78, 5) is 14.4. The number of carbonyl (C=O) groups excluding carboxylic acids is 1. The molecule has 0 bridgehead atoms. The van der Waals surface area contributed by atoms with Gasteiger partial charge in [0.1, 0.15) is 0 Å². The fourth-order valence-electron chi connectivity index (χ4n) is 2.92. The second-order valence-electron chi connectivity index (χ2n) is 7.75. The van der Waals surface area contributed by atoms with Crippen LogP contribution < -0.4 is 10.6 Å². The van der Waals surface area contributed by atoms with Gasteiger partial charge in [-0.1, -0.05) is 33.6 Å². The molecule has 124 valence electrons.